The Kier molecular flexibility index (Phi) is 8.14. The van der Waals surface area contributed by atoms with E-state index in [1.54, 1.807) is 0 Å². The molecule has 0 aromatic carbocycles. The van der Waals surface area contributed by atoms with Crippen molar-refractivity contribution in [1.29, 1.82) is 0 Å². The zero-order chi connectivity index (χ0) is 10.9. The van der Waals surface area contributed by atoms with Crippen LogP contribution in [0.2, 0.25) is 0 Å². The number of hydrogen-bond acceptors (Lipinski definition) is 3. The Morgan fingerprint density at radius 3 is 2.21 bits per heavy atom. The molecule has 0 fully saturated rings. The average Bonchev–Trinajstić information content (AvgIpc) is 2.13. The lowest BCUT2D eigenvalue weighted by Gasteiger charge is -2.24. The highest BCUT2D eigenvalue weighted by atomic mass is 16.5. The summed E-state index contributed by atoms with van der Waals surface area (Å²) in [6, 6.07) is 0. The molecule has 3 nitrogen and oxygen atoms in total. The highest BCUT2D eigenvalue weighted by Crippen LogP contribution is 2.15. The fraction of sp³-hybridized carbons (Fsp3) is 0.909. The predicted octanol–water partition coefficient (Wildman–Crippen LogP) is 1.62. The SMILES string of the molecule is [CH2]CCOCC(C)(C)COCCCN. The minimum atomic E-state index is 0.0871. The molecule has 0 aliphatic rings. The van der Waals surface area contributed by atoms with Gasteiger partial charge in [-0.05, 0) is 19.4 Å². The van der Waals surface area contributed by atoms with Gasteiger partial charge in [0.15, 0.2) is 0 Å². The van der Waals surface area contributed by atoms with Crippen LogP contribution in [0.5, 0.6) is 0 Å². The summed E-state index contributed by atoms with van der Waals surface area (Å²) in [4.78, 5) is 0. The van der Waals surface area contributed by atoms with Crippen molar-refractivity contribution in [2.75, 3.05) is 33.0 Å². The second-order valence-electron chi connectivity index (χ2n) is 4.27. The van der Waals surface area contributed by atoms with Crippen LogP contribution in [-0.4, -0.2) is 33.0 Å². The van der Waals surface area contributed by atoms with Crippen LogP contribution in [0.1, 0.15) is 26.7 Å². The molecular weight excluding hydrogens is 178 g/mol. The van der Waals surface area contributed by atoms with Crippen molar-refractivity contribution in [3.05, 3.63) is 6.92 Å². The zero-order valence-electron chi connectivity index (χ0n) is 9.55. The van der Waals surface area contributed by atoms with Crippen molar-refractivity contribution in [3.8, 4) is 0 Å². The molecule has 0 aliphatic heterocycles. The molecule has 0 aromatic heterocycles. The summed E-state index contributed by atoms with van der Waals surface area (Å²) in [6.07, 6.45) is 1.75. The third-order valence-electron chi connectivity index (χ3n) is 1.77. The van der Waals surface area contributed by atoms with Gasteiger partial charge in [0, 0.05) is 18.6 Å². The van der Waals surface area contributed by atoms with Gasteiger partial charge >= 0.3 is 0 Å². The van der Waals surface area contributed by atoms with E-state index in [9.17, 15) is 0 Å². The summed E-state index contributed by atoms with van der Waals surface area (Å²) in [7, 11) is 0. The summed E-state index contributed by atoms with van der Waals surface area (Å²) in [5.74, 6) is 0. The van der Waals surface area contributed by atoms with Gasteiger partial charge in [0.2, 0.25) is 0 Å². The molecule has 0 aromatic rings. The van der Waals surface area contributed by atoms with Crippen LogP contribution in [0.25, 0.3) is 0 Å². The molecule has 0 bridgehead atoms. The van der Waals surface area contributed by atoms with Gasteiger partial charge in [-0.3, -0.25) is 0 Å². The van der Waals surface area contributed by atoms with Crippen molar-refractivity contribution in [2.24, 2.45) is 11.1 Å². The van der Waals surface area contributed by atoms with Crippen LogP contribution in [0.15, 0.2) is 0 Å². The number of nitrogens with two attached hydrogens (primary N) is 1. The molecule has 3 heteroatoms. The molecule has 14 heavy (non-hydrogen) atoms. The molecule has 0 rings (SSSR count). The monoisotopic (exact) mass is 202 g/mol. The van der Waals surface area contributed by atoms with Gasteiger partial charge in [0.1, 0.15) is 0 Å². The quantitative estimate of drug-likeness (QED) is 0.578. The molecule has 85 valence electrons. The minimum absolute atomic E-state index is 0.0871. The summed E-state index contributed by atoms with van der Waals surface area (Å²) in [6.45, 7) is 11.6. The second-order valence-corrected chi connectivity index (χ2v) is 4.27. The first-order chi connectivity index (χ1) is 6.62. The van der Waals surface area contributed by atoms with Crippen molar-refractivity contribution in [2.45, 2.75) is 26.7 Å². The molecule has 0 saturated heterocycles. The second kappa shape index (κ2) is 8.21. The van der Waals surface area contributed by atoms with Gasteiger partial charge in [-0.25, -0.2) is 0 Å². The Labute approximate surface area is 88.0 Å². The lowest BCUT2D eigenvalue weighted by Crippen LogP contribution is -2.26. The standard InChI is InChI=1S/C11H24NO2/c1-4-7-13-9-11(2,3)10-14-8-5-6-12/h1,4-10,12H2,2-3H3. The molecule has 1 radical (unpaired) electrons. The smallest absolute Gasteiger partial charge is 0.0539 e. The van der Waals surface area contributed by atoms with Gasteiger partial charge in [-0.1, -0.05) is 20.8 Å². The van der Waals surface area contributed by atoms with Gasteiger partial charge in [-0.2, -0.15) is 0 Å². The van der Waals surface area contributed by atoms with Crippen LogP contribution in [0, 0.1) is 12.3 Å². The Morgan fingerprint density at radius 2 is 1.71 bits per heavy atom. The maximum Gasteiger partial charge on any atom is 0.0539 e. The fourth-order valence-electron chi connectivity index (χ4n) is 1.03. The first-order valence-electron chi connectivity index (χ1n) is 5.27. The van der Waals surface area contributed by atoms with Gasteiger partial charge in [0.05, 0.1) is 13.2 Å². The van der Waals surface area contributed by atoms with Crippen LogP contribution < -0.4 is 5.73 Å². The zero-order valence-corrected chi connectivity index (χ0v) is 9.55. The van der Waals surface area contributed by atoms with E-state index in [0.29, 0.717) is 6.54 Å². The topological polar surface area (TPSA) is 44.5 Å². The highest BCUT2D eigenvalue weighted by molar-refractivity contribution is 4.66. The van der Waals surface area contributed by atoms with E-state index in [1.807, 2.05) is 0 Å². The lowest BCUT2D eigenvalue weighted by molar-refractivity contribution is -0.00243. The van der Waals surface area contributed by atoms with E-state index in [-0.39, 0.29) is 5.41 Å². The van der Waals surface area contributed by atoms with Gasteiger partial charge in [-0.15, -0.1) is 0 Å². The van der Waals surface area contributed by atoms with E-state index in [2.05, 4.69) is 20.8 Å². The van der Waals surface area contributed by atoms with Crippen LogP contribution in [0.3, 0.4) is 0 Å². The average molecular weight is 202 g/mol. The lowest BCUT2D eigenvalue weighted by atomic mass is 9.96. The molecule has 0 atom stereocenters. The largest absolute Gasteiger partial charge is 0.381 e. The van der Waals surface area contributed by atoms with Gasteiger partial charge < -0.3 is 15.2 Å². The summed E-state index contributed by atoms with van der Waals surface area (Å²) in [5, 5.41) is 0. The Bertz CT molecular complexity index is 126. The molecule has 2 N–H and O–H groups in total. The predicted molar refractivity (Wildman–Crippen MR) is 59.1 cm³/mol. The molecule has 0 amide bonds. The first-order valence-corrected chi connectivity index (χ1v) is 5.27. The van der Waals surface area contributed by atoms with E-state index in [4.69, 9.17) is 15.2 Å². The third kappa shape index (κ3) is 8.48. The summed E-state index contributed by atoms with van der Waals surface area (Å²) in [5.41, 5.74) is 5.45. The van der Waals surface area contributed by atoms with Crippen LogP contribution in [0.4, 0.5) is 0 Å². The molecule has 0 aliphatic carbocycles. The van der Waals surface area contributed by atoms with E-state index >= 15 is 0 Å². The number of ether oxygens (including phenoxy) is 2. The van der Waals surface area contributed by atoms with Crippen molar-refractivity contribution in [3.63, 3.8) is 0 Å². The molecule has 0 spiro atoms. The molecular formula is C11H24NO2. The molecule has 0 unspecified atom stereocenters. The van der Waals surface area contributed by atoms with Gasteiger partial charge in [0.25, 0.3) is 0 Å². The number of hydrogen-bond donors (Lipinski definition) is 1. The van der Waals surface area contributed by atoms with E-state index in [1.165, 1.54) is 0 Å². The minimum Gasteiger partial charge on any atom is -0.381 e. The van der Waals surface area contributed by atoms with Crippen molar-refractivity contribution >= 4 is 0 Å². The van der Waals surface area contributed by atoms with E-state index in [0.717, 1.165) is 39.3 Å². The maximum absolute atomic E-state index is 5.49. The fourth-order valence-corrected chi connectivity index (χ4v) is 1.03. The first kappa shape index (κ1) is 13.9. The Hall–Kier alpha value is -0.120. The third-order valence-corrected chi connectivity index (χ3v) is 1.77. The highest BCUT2D eigenvalue weighted by Gasteiger charge is 2.18. The normalized spacial score (nSPS) is 12.0. The molecule has 0 heterocycles. The van der Waals surface area contributed by atoms with Crippen molar-refractivity contribution < 1.29 is 9.47 Å². The summed E-state index contributed by atoms with van der Waals surface area (Å²) >= 11 is 0. The Morgan fingerprint density at radius 1 is 1.14 bits per heavy atom. The summed E-state index contributed by atoms with van der Waals surface area (Å²) < 4.78 is 10.9. The van der Waals surface area contributed by atoms with Crippen molar-refractivity contribution in [1.82, 2.24) is 0 Å². The van der Waals surface area contributed by atoms with E-state index < -0.39 is 0 Å². The van der Waals surface area contributed by atoms with Crippen LogP contribution >= 0.6 is 0 Å². The van der Waals surface area contributed by atoms with Crippen LogP contribution in [-0.2, 0) is 9.47 Å². The Balaban J connectivity index is 3.40. The number of rotatable bonds is 9. The maximum atomic E-state index is 5.49. The molecule has 0 saturated carbocycles.